The zero-order valence-corrected chi connectivity index (χ0v) is 12.9. The van der Waals surface area contributed by atoms with Gasteiger partial charge in [0.05, 0.1) is 13.7 Å². The number of ketones is 1. The summed E-state index contributed by atoms with van der Waals surface area (Å²) in [6, 6.07) is 11.0. The van der Waals surface area contributed by atoms with Crippen LogP contribution in [0.5, 0.6) is 11.5 Å². The van der Waals surface area contributed by atoms with E-state index < -0.39 is 0 Å². The minimum Gasteiger partial charge on any atom is -0.496 e. The Hall–Kier alpha value is -2.29. The van der Waals surface area contributed by atoms with Gasteiger partial charge in [0.2, 0.25) is 0 Å². The molecule has 0 heterocycles. The molecule has 3 nitrogen and oxygen atoms in total. The maximum absolute atomic E-state index is 12.5. The van der Waals surface area contributed by atoms with Crippen LogP contribution in [0, 0.1) is 13.8 Å². The Morgan fingerprint density at radius 3 is 2.05 bits per heavy atom. The first kappa shape index (κ1) is 15.1. The van der Waals surface area contributed by atoms with Gasteiger partial charge in [-0.15, -0.1) is 0 Å². The van der Waals surface area contributed by atoms with Crippen LogP contribution in [-0.2, 0) is 0 Å². The van der Waals surface area contributed by atoms with Crippen molar-refractivity contribution in [3.63, 3.8) is 0 Å². The van der Waals surface area contributed by atoms with Crippen molar-refractivity contribution in [2.45, 2.75) is 20.8 Å². The summed E-state index contributed by atoms with van der Waals surface area (Å²) in [7, 11) is 1.64. The third-order valence-electron chi connectivity index (χ3n) is 3.35. The molecule has 0 spiro atoms. The Kier molecular flexibility index (Phi) is 4.63. The third kappa shape index (κ3) is 3.24. The van der Waals surface area contributed by atoms with E-state index in [1.54, 1.807) is 19.2 Å². The van der Waals surface area contributed by atoms with E-state index in [0.717, 1.165) is 22.6 Å². The first-order valence-corrected chi connectivity index (χ1v) is 6.99. The smallest absolute Gasteiger partial charge is 0.193 e. The van der Waals surface area contributed by atoms with Gasteiger partial charge in [0, 0.05) is 11.1 Å². The second kappa shape index (κ2) is 6.44. The minimum atomic E-state index is 0.00639. The Balaban J connectivity index is 2.31. The highest BCUT2D eigenvalue weighted by Crippen LogP contribution is 2.26. The normalized spacial score (nSPS) is 10.3. The lowest BCUT2D eigenvalue weighted by molar-refractivity contribution is 0.103. The standard InChI is InChI=1S/C18H20O3/c1-5-21-16-8-6-14(7-9-16)17(19)15-10-12(2)18(20-4)13(3)11-15/h6-11H,5H2,1-4H3. The lowest BCUT2D eigenvalue weighted by atomic mass is 9.98. The number of hydrogen-bond acceptors (Lipinski definition) is 3. The van der Waals surface area contributed by atoms with Crippen molar-refractivity contribution in [3.05, 3.63) is 58.7 Å². The topological polar surface area (TPSA) is 35.5 Å². The maximum Gasteiger partial charge on any atom is 0.193 e. The molecule has 0 bridgehead atoms. The zero-order chi connectivity index (χ0) is 15.4. The molecule has 0 saturated heterocycles. The van der Waals surface area contributed by atoms with Crippen LogP contribution in [0.15, 0.2) is 36.4 Å². The second-order valence-corrected chi connectivity index (χ2v) is 4.93. The van der Waals surface area contributed by atoms with Gasteiger partial charge < -0.3 is 9.47 Å². The summed E-state index contributed by atoms with van der Waals surface area (Å²) in [6.07, 6.45) is 0. The molecule has 0 radical (unpaired) electrons. The fraction of sp³-hybridized carbons (Fsp3) is 0.278. The molecule has 2 aromatic carbocycles. The number of carbonyl (C=O) groups is 1. The third-order valence-corrected chi connectivity index (χ3v) is 3.35. The van der Waals surface area contributed by atoms with Gasteiger partial charge >= 0.3 is 0 Å². The highest BCUT2D eigenvalue weighted by molar-refractivity contribution is 6.09. The molecule has 0 fully saturated rings. The Labute approximate surface area is 125 Å². The molecule has 0 aliphatic rings. The van der Waals surface area contributed by atoms with Crippen LogP contribution in [0.1, 0.15) is 34.0 Å². The zero-order valence-electron chi connectivity index (χ0n) is 12.9. The molecule has 0 unspecified atom stereocenters. The SMILES string of the molecule is CCOc1ccc(C(=O)c2cc(C)c(OC)c(C)c2)cc1. The van der Waals surface area contributed by atoms with Gasteiger partial charge in [0.15, 0.2) is 5.78 Å². The quantitative estimate of drug-likeness (QED) is 0.780. The van der Waals surface area contributed by atoms with E-state index in [2.05, 4.69) is 0 Å². The van der Waals surface area contributed by atoms with Crippen molar-refractivity contribution >= 4 is 5.78 Å². The van der Waals surface area contributed by atoms with Crippen LogP contribution >= 0.6 is 0 Å². The van der Waals surface area contributed by atoms with Crippen molar-refractivity contribution in [3.8, 4) is 11.5 Å². The number of carbonyl (C=O) groups excluding carboxylic acids is 1. The van der Waals surface area contributed by atoms with Gasteiger partial charge in [-0.2, -0.15) is 0 Å². The van der Waals surface area contributed by atoms with E-state index in [-0.39, 0.29) is 5.78 Å². The summed E-state index contributed by atoms with van der Waals surface area (Å²) in [4.78, 5) is 12.5. The van der Waals surface area contributed by atoms with Crippen LogP contribution in [0.4, 0.5) is 0 Å². The van der Waals surface area contributed by atoms with Crippen LogP contribution in [0.3, 0.4) is 0 Å². The van der Waals surface area contributed by atoms with E-state index in [1.807, 2.05) is 45.0 Å². The fourth-order valence-electron chi connectivity index (χ4n) is 2.44. The lowest BCUT2D eigenvalue weighted by Gasteiger charge is -2.11. The Morgan fingerprint density at radius 1 is 1.00 bits per heavy atom. The van der Waals surface area contributed by atoms with Gasteiger partial charge in [-0.05, 0) is 68.3 Å². The molecule has 2 aromatic rings. The Morgan fingerprint density at radius 2 is 1.57 bits per heavy atom. The largest absolute Gasteiger partial charge is 0.496 e. The predicted molar refractivity (Wildman–Crippen MR) is 83.5 cm³/mol. The molecule has 21 heavy (non-hydrogen) atoms. The molecular formula is C18H20O3. The van der Waals surface area contributed by atoms with Gasteiger partial charge in [-0.3, -0.25) is 4.79 Å². The maximum atomic E-state index is 12.5. The summed E-state index contributed by atoms with van der Waals surface area (Å²) < 4.78 is 10.7. The summed E-state index contributed by atoms with van der Waals surface area (Å²) >= 11 is 0. The van der Waals surface area contributed by atoms with Crippen molar-refractivity contribution < 1.29 is 14.3 Å². The summed E-state index contributed by atoms with van der Waals surface area (Å²) in [6.45, 7) is 6.44. The Bertz CT molecular complexity index is 619. The van der Waals surface area contributed by atoms with Crippen LogP contribution in [-0.4, -0.2) is 19.5 Å². The highest BCUT2D eigenvalue weighted by atomic mass is 16.5. The molecule has 0 amide bonds. The van der Waals surface area contributed by atoms with E-state index in [9.17, 15) is 4.79 Å². The van der Waals surface area contributed by atoms with E-state index in [0.29, 0.717) is 17.7 Å². The van der Waals surface area contributed by atoms with Crippen LogP contribution < -0.4 is 9.47 Å². The highest BCUT2D eigenvalue weighted by Gasteiger charge is 2.13. The summed E-state index contributed by atoms with van der Waals surface area (Å²) in [5, 5.41) is 0. The number of benzene rings is 2. The van der Waals surface area contributed by atoms with Gasteiger partial charge in [0.25, 0.3) is 0 Å². The summed E-state index contributed by atoms with van der Waals surface area (Å²) in [5.41, 5.74) is 3.26. The monoisotopic (exact) mass is 284 g/mol. The first-order valence-electron chi connectivity index (χ1n) is 6.99. The van der Waals surface area contributed by atoms with Crippen LogP contribution in [0.2, 0.25) is 0 Å². The molecule has 0 aliphatic carbocycles. The van der Waals surface area contributed by atoms with E-state index in [4.69, 9.17) is 9.47 Å². The molecule has 2 rings (SSSR count). The van der Waals surface area contributed by atoms with Crippen LogP contribution in [0.25, 0.3) is 0 Å². The predicted octanol–water partition coefficient (Wildman–Crippen LogP) is 3.94. The number of methoxy groups -OCH3 is 1. The molecule has 0 aliphatic heterocycles. The number of ether oxygens (including phenoxy) is 2. The van der Waals surface area contributed by atoms with Gasteiger partial charge in [0.1, 0.15) is 11.5 Å². The second-order valence-electron chi connectivity index (χ2n) is 4.93. The number of aryl methyl sites for hydroxylation is 2. The van der Waals surface area contributed by atoms with Gasteiger partial charge in [-0.1, -0.05) is 0 Å². The fourth-order valence-corrected chi connectivity index (χ4v) is 2.44. The van der Waals surface area contributed by atoms with E-state index >= 15 is 0 Å². The average molecular weight is 284 g/mol. The molecule has 3 heteroatoms. The van der Waals surface area contributed by atoms with E-state index in [1.165, 1.54) is 0 Å². The van der Waals surface area contributed by atoms with Crippen molar-refractivity contribution in [1.29, 1.82) is 0 Å². The minimum absolute atomic E-state index is 0.00639. The first-order chi connectivity index (χ1) is 10.1. The average Bonchev–Trinajstić information content (AvgIpc) is 2.47. The molecular weight excluding hydrogens is 264 g/mol. The van der Waals surface area contributed by atoms with Crippen molar-refractivity contribution in [1.82, 2.24) is 0 Å². The molecule has 0 saturated carbocycles. The molecule has 0 aromatic heterocycles. The van der Waals surface area contributed by atoms with Gasteiger partial charge in [-0.25, -0.2) is 0 Å². The molecule has 0 atom stereocenters. The van der Waals surface area contributed by atoms with Crippen molar-refractivity contribution in [2.75, 3.05) is 13.7 Å². The molecule has 0 N–H and O–H groups in total. The van der Waals surface area contributed by atoms with Crippen molar-refractivity contribution in [2.24, 2.45) is 0 Å². The summed E-state index contributed by atoms with van der Waals surface area (Å²) in [5.74, 6) is 1.61. The molecule has 110 valence electrons. The lowest BCUT2D eigenvalue weighted by Crippen LogP contribution is -2.04. The number of rotatable bonds is 5. The number of hydrogen-bond donors (Lipinski definition) is 0.